The molecule has 18 heavy (non-hydrogen) atoms. The van der Waals surface area contributed by atoms with Crippen LogP contribution in [0.25, 0.3) is 11.4 Å². The minimum absolute atomic E-state index is 0.744. The molecule has 2 aromatic rings. The zero-order chi connectivity index (χ0) is 13.0. The second-order valence-corrected chi connectivity index (χ2v) is 5.63. The van der Waals surface area contributed by atoms with E-state index in [9.17, 15) is 0 Å². The van der Waals surface area contributed by atoms with E-state index in [0.29, 0.717) is 0 Å². The van der Waals surface area contributed by atoms with Gasteiger partial charge in [-0.2, -0.15) is 0 Å². The van der Waals surface area contributed by atoms with Crippen LogP contribution in [-0.2, 0) is 0 Å². The van der Waals surface area contributed by atoms with Crippen LogP contribution in [0.2, 0.25) is 5.02 Å². The summed E-state index contributed by atoms with van der Waals surface area (Å²) in [6, 6.07) is 5.78. The van der Waals surface area contributed by atoms with Crippen molar-refractivity contribution in [1.82, 2.24) is 15.2 Å². The number of benzene rings is 1. The Morgan fingerprint density at radius 3 is 2.94 bits per heavy atom. The van der Waals surface area contributed by atoms with Crippen LogP contribution in [0.15, 0.2) is 23.4 Å². The van der Waals surface area contributed by atoms with Crippen LogP contribution < -0.4 is 0 Å². The summed E-state index contributed by atoms with van der Waals surface area (Å²) < 4.78 is 0. The maximum Gasteiger partial charge on any atom is 0.208 e. The maximum absolute atomic E-state index is 5.94. The van der Waals surface area contributed by atoms with Gasteiger partial charge < -0.3 is 0 Å². The van der Waals surface area contributed by atoms with Gasteiger partial charge in [0.05, 0.1) is 0 Å². The number of thioether (sulfide) groups is 1. The number of hydrogen-bond donors (Lipinski definition) is 1. The van der Waals surface area contributed by atoms with Crippen molar-refractivity contribution in [3.8, 4) is 11.4 Å². The van der Waals surface area contributed by atoms with Gasteiger partial charge in [-0.15, -0.1) is 5.10 Å². The number of nitrogens with zero attached hydrogens (tertiary/aromatic N) is 2. The van der Waals surface area contributed by atoms with Crippen molar-refractivity contribution in [1.29, 1.82) is 0 Å². The average Bonchev–Trinajstić information content (AvgIpc) is 2.78. The van der Waals surface area contributed by atoms with Gasteiger partial charge in [0.2, 0.25) is 5.16 Å². The molecule has 0 saturated heterocycles. The van der Waals surface area contributed by atoms with Gasteiger partial charge in [-0.25, -0.2) is 4.98 Å². The second kappa shape index (κ2) is 6.25. The van der Waals surface area contributed by atoms with Crippen LogP contribution in [0.5, 0.6) is 0 Å². The first kappa shape index (κ1) is 13.4. The molecule has 0 unspecified atom stereocenters. The van der Waals surface area contributed by atoms with Crippen molar-refractivity contribution in [2.45, 2.75) is 31.8 Å². The highest BCUT2D eigenvalue weighted by Gasteiger charge is 2.08. The van der Waals surface area contributed by atoms with Gasteiger partial charge in [0.25, 0.3) is 0 Å². The highest BCUT2D eigenvalue weighted by molar-refractivity contribution is 7.99. The zero-order valence-electron chi connectivity index (χ0n) is 10.5. The third-order valence-corrected chi connectivity index (χ3v) is 3.81. The summed E-state index contributed by atoms with van der Waals surface area (Å²) in [5.41, 5.74) is 2.15. The molecule has 0 amide bonds. The van der Waals surface area contributed by atoms with Gasteiger partial charge >= 0.3 is 0 Å². The molecule has 0 saturated carbocycles. The molecule has 1 aromatic carbocycles. The zero-order valence-corrected chi connectivity index (χ0v) is 12.1. The molecule has 2 rings (SSSR count). The van der Waals surface area contributed by atoms with Crippen LogP contribution in [0.1, 0.15) is 25.3 Å². The number of aromatic nitrogens is 3. The number of nitrogens with one attached hydrogen (secondary N) is 1. The number of halogens is 1. The summed E-state index contributed by atoms with van der Waals surface area (Å²) in [5, 5.41) is 8.76. The molecule has 0 aliphatic rings. The average molecular weight is 282 g/mol. The summed E-state index contributed by atoms with van der Waals surface area (Å²) in [4.78, 5) is 4.50. The van der Waals surface area contributed by atoms with Gasteiger partial charge in [-0.1, -0.05) is 36.7 Å². The molecular weight excluding hydrogens is 266 g/mol. The minimum Gasteiger partial charge on any atom is -0.258 e. The Hall–Kier alpha value is -1.00. The highest BCUT2D eigenvalue weighted by Crippen LogP contribution is 2.25. The van der Waals surface area contributed by atoms with Crippen molar-refractivity contribution >= 4 is 23.4 Å². The van der Waals surface area contributed by atoms with Gasteiger partial charge in [-0.3, -0.25) is 5.10 Å². The molecule has 3 nitrogen and oxygen atoms in total. The standard InChI is InChI=1S/C13H16ClN3S/c1-3-4-7-18-13-15-12(16-17-13)11-6-5-10(14)8-9(11)2/h5-6,8H,3-4,7H2,1-2H3,(H,15,16,17). The first-order valence-corrected chi connectivity index (χ1v) is 7.38. The quantitative estimate of drug-likeness (QED) is 0.655. The second-order valence-electron chi connectivity index (χ2n) is 4.13. The van der Waals surface area contributed by atoms with Gasteiger partial charge in [0, 0.05) is 16.3 Å². The number of hydrogen-bond acceptors (Lipinski definition) is 3. The van der Waals surface area contributed by atoms with E-state index in [1.54, 1.807) is 11.8 Å². The fourth-order valence-electron chi connectivity index (χ4n) is 1.63. The van der Waals surface area contributed by atoms with Gasteiger partial charge in [0.1, 0.15) is 0 Å². The Labute approximate surface area is 116 Å². The Kier molecular flexibility index (Phi) is 4.66. The third-order valence-electron chi connectivity index (χ3n) is 2.64. The SMILES string of the molecule is CCCCSc1n[nH]c(-c2ccc(Cl)cc2C)n1. The third kappa shape index (κ3) is 3.27. The summed E-state index contributed by atoms with van der Waals surface area (Å²) in [6.45, 7) is 4.20. The van der Waals surface area contributed by atoms with E-state index < -0.39 is 0 Å². The molecule has 1 aromatic heterocycles. The van der Waals surface area contributed by atoms with Crippen molar-refractivity contribution in [2.75, 3.05) is 5.75 Å². The summed E-state index contributed by atoms with van der Waals surface area (Å²) in [5.74, 6) is 1.87. The Balaban J connectivity index is 2.13. The smallest absolute Gasteiger partial charge is 0.208 e. The lowest BCUT2D eigenvalue weighted by Gasteiger charge is -2.01. The summed E-state index contributed by atoms with van der Waals surface area (Å²) >= 11 is 7.63. The fraction of sp³-hybridized carbons (Fsp3) is 0.385. The van der Waals surface area contributed by atoms with Gasteiger partial charge in [0.15, 0.2) is 5.82 Å². The molecule has 0 bridgehead atoms. The fourth-order valence-corrected chi connectivity index (χ4v) is 2.74. The van der Waals surface area contributed by atoms with E-state index in [2.05, 4.69) is 22.1 Å². The Bertz CT molecular complexity index is 525. The molecule has 0 aliphatic heterocycles. The number of aromatic amines is 1. The molecule has 96 valence electrons. The van der Waals surface area contributed by atoms with Crippen LogP contribution in [0.4, 0.5) is 0 Å². The van der Waals surface area contributed by atoms with Crippen LogP contribution in [0.3, 0.4) is 0 Å². The maximum atomic E-state index is 5.94. The van der Waals surface area contributed by atoms with E-state index in [0.717, 1.165) is 32.9 Å². The predicted molar refractivity (Wildman–Crippen MR) is 77.2 cm³/mol. The van der Waals surface area contributed by atoms with Crippen molar-refractivity contribution < 1.29 is 0 Å². The first-order chi connectivity index (χ1) is 8.70. The monoisotopic (exact) mass is 281 g/mol. The molecule has 0 radical (unpaired) electrons. The Morgan fingerprint density at radius 1 is 1.39 bits per heavy atom. The Morgan fingerprint density at radius 2 is 2.22 bits per heavy atom. The van der Waals surface area contributed by atoms with Crippen molar-refractivity contribution in [2.24, 2.45) is 0 Å². The van der Waals surface area contributed by atoms with E-state index in [1.807, 2.05) is 25.1 Å². The molecule has 5 heteroatoms. The van der Waals surface area contributed by atoms with Crippen LogP contribution in [0, 0.1) is 6.92 Å². The van der Waals surface area contributed by atoms with Crippen LogP contribution in [-0.4, -0.2) is 20.9 Å². The predicted octanol–water partition coefficient (Wildman–Crippen LogP) is 4.33. The van der Waals surface area contributed by atoms with E-state index in [4.69, 9.17) is 11.6 Å². The van der Waals surface area contributed by atoms with E-state index in [-0.39, 0.29) is 0 Å². The highest BCUT2D eigenvalue weighted by atomic mass is 35.5. The molecule has 0 spiro atoms. The van der Waals surface area contributed by atoms with Crippen molar-refractivity contribution in [3.63, 3.8) is 0 Å². The molecule has 0 fully saturated rings. The molecule has 1 heterocycles. The number of rotatable bonds is 5. The summed E-state index contributed by atoms with van der Waals surface area (Å²) in [6.07, 6.45) is 2.38. The number of unbranched alkanes of at least 4 members (excludes halogenated alkanes) is 1. The van der Waals surface area contributed by atoms with Crippen LogP contribution >= 0.6 is 23.4 Å². The van der Waals surface area contributed by atoms with E-state index in [1.165, 1.54) is 12.8 Å². The lowest BCUT2D eigenvalue weighted by atomic mass is 10.1. The number of H-pyrrole nitrogens is 1. The van der Waals surface area contributed by atoms with E-state index >= 15 is 0 Å². The largest absolute Gasteiger partial charge is 0.258 e. The lowest BCUT2D eigenvalue weighted by molar-refractivity contribution is 0.889. The molecule has 0 aliphatic carbocycles. The topological polar surface area (TPSA) is 41.6 Å². The minimum atomic E-state index is 0.744. The normalized spacial score (nSPS) is 10.8. The van der Waals surface area contributed by atoms with Gasteiger partial charge in [-0.05, 0) is 37.1 Å². The molecule has 0 atom stereocenters. The molecule has 1 N–H and O–H groups in total. The number of aryl methyl sites for hydroxylation is 1. The first-order valence-electron chi connectivity index (χ1n) is 6.02. The summed E-state index contributed by atoms with van der Waals surface area (Å²) in [7, 11) is 0. The van der Waals surface area contributed by atoms with Crippen molar-refractivity contribution in [3.05, 3.63) is 28.8 Å². The molecular formula is C13H16ClN3S. The lowest BCUT2D eigenvalue weighted by Crippen LogP contribution is -1.85.